The van der Waals surface area contributed by atoms with Gasteiger partial charge in [0.25, 0.3) is 0 Å². The minimum Gasteiger partial charge on any atom is -0.286 e. The quantitative estimate of drug-likeness (QED) is 0.485. The molecule has 2 rings (SSSR count). The van der Waals surface area contributed by atoms with Crippen LogP contribution in [0.3, 0.4) is 0 Å². The van der Waals surface area contributed by atoms with Crippen molar-refractivity contribution in [2.75, 3.05) is 0 Å². The third-order valence-corrected chi connectivity index (χ3v) is 0.952. The van der Waals surface area contributed by atoms with E-state index >= 15 is 0 Å². The zero-order valence-corrected chi connectivity index (χ0v) is 4.21. The molecule has 0 aliphatic carbocycles. The van der Waals surface area contributed by atoms with Gasteiger partial charge in [-0.05, 0) is 10.3 Å². The Balaban J connectivity index is 3.08. The van der Waals surface area contributed by atoms with Crippen LogP contribution in [-0.4, -0.2) is 20.3 Å². The second-order valence-electron chi connectivity index (χ2n) is 1.54. The van der Waals surface area contributed by atoms with E-state index in [0.717, 1.165) is 0 Å². The maximum atomic E-state index is 10.4. The Morgan fingerprint density at radius 3 is 2.33 bits per heavy atom. The van der Waals surface area contributed by atoms with Crippen molar-refractivity contribution in [1.29, 1.82) is 0 Å². The first kappa shape index (κ1) is 4.30. The average Bonchev–Trinajstić information content (AvgIpc) is 2.22. The molecule has 0 atom stereocenters. The van der Waals surface area contributed by atoms with Crippen LogP contribution < -0.4 is 5.69 Å². The lowest BCUT2D eigenvalue weighted by Gasteiger charge is -1.59. The summed E-state index contributed by atoms with van der Waals surface area (Å²) in [6.07, 6.45) is 0. The fraction of sp³-hybridized carbons (Fsp3) is 0. The molecule has 0 aliphatic rings. The van der Waals surface area contributed by atoms with Gasteiger partial charge >= 0.3 is 5.69 Å². The predicted molar refractivity (Wildman–Crippen MR) is 26.8 cm³/mol. The highest BCUT2D eigenvalue weighted by Gasteiger charge is 2.00. The molecule has 2 heterocycles. The molecule has 9 heavy (non-hydrogen) atoms. The van der Waals surface area contributed by atoms with Gasteiger partial charge in [0.15, 0.2) is 0 Å². The molecule has 0 aromatic carbocycles. The van der Waals surface area contributed by atoms with Gasteiger partial charge in [0.05, 0.1) is 0 Å². The molecule has 0 fully saturated rings. The fourth-order valence-corrected chi connectivity index (χ4v) is 0.599. The Morgan fingerprint density at radius 2 is 1.78 bits per heavy atom. The Bertz CT molecular complexity index is 336. The van der Waals surface area contributed by atoms with Crippen LogP contribution in [0.4, 0.5) is 0 Å². The number of hydrogen-bond acceptors (Lipinski definition) is 4. The summed E-state index contributed by atoms with van der Waals surface area (Å²) in [6.45, 7) is 0. The monoisotopic (exact) mass is 126 g/mol. The number of fused-ring (bicyclic) bond motifs is 1. The van der Waals surface area contributed by atoms with Crippen molar-refractivity contribution in [3.63, 3.8) is 0 Å². The van der Waals surface area contributed by atoms with Gasteiger partial charge in [-0.2, -0.15) is 0 Å². The number of aromatic nitrogens is 4. The lowest BCUT2D eigenvalue weighted by Crippen LogP contribution is -2.00. The van der Waals surface area contributed by atoms with Crippen LogP contribution in [0.2, 0.25) is 0 Å². The smallest absolute Gasteiger partial charge is 0.286 e. The van der Waals surface area contributed by atoms with Crippen molar-refractivity contribution in [2.24, 2.45) is 0 Å². The van der Waals surface area contributed by atoms with Gasteiger partial charge in [0, 0.05) is 0 Å². The normalized spacial score (nSPS) is 10.7. The Labute approximate surface area is 47.8 Å². The van der Waals surface area contributed by atoms with Crippen LogP contribution in [0.1, 0.15) is 0 Å². The summed E-state index contributed by atoms with van der Waals surface area (Å²) in [5.41, 5.74) is 0.371. The van der Waals surface area contributed by atoms with Gasteiger partial charge < -0.3 is 0 Å². The highest BCUT2D eigenvalue weighted by Crippen LogP contribution is 1.94. The number of aromatic amines is 2. The molecule has 0 radical (unpaired) electrons. The second kappa shape index (κ2) is 1.22. The zero-order chi connectivity index (χ0) is 6.27. The molecule has 0 spiro atoms. The van der Waals surface area contributed by atoms with Crippen LogP contribution in [0.15, 0.2) is 9.42 Å². The minimum atomic E-state index is -0.323. The molecule has 46 valence electrons. The highest BCUT2D eigenvalue weighted by atomic mass is 16.6. The Hall–Kier alpha value is -1.59. The lowest BCUT2D eigenvalue weighted by molar-refractivity contribution is 0.313. The molecular weight excluding hydrogens is 124 g/mol. The molecule has 2 aromatic heterocycles. The van der Waals surface area contributed by atoms with E-state index in [2.05, 4.69) is 24.9 Å². The van der Waals surface area contributed by atoms with Crippen molar-refractivity contribution in [3.8, 4) is 0 Å². The first-order chi connectivity index (χ1) is 4.36. The van der Waals surface area contributed by atoms with Gasteiger partial charge in [0.1, 0.15) is 0 Å². The fourth-order valence-electron chi connectivity index (χ4n) is 0.599. The molecule has 0 amide bonds. The number of hydrogen-bond donors (Lipinski definition) is 2. The summed E-state index contributed by atoms with van der Waals surface area (Å²) < 4.78 is 4.26. The molecule has 0 saturated carbocycles. The third kappa shape index (κ3) is 0.463. The minimum absolute atomic E-state index is 0.323. The van der Waals surface area contributed by atoms with Gasteiger partial charge in [-0.3, -0.25) is 9.97 Å². The van der Waals surface area contributed by atoms with Crippen LogP contribution in [0, 0.1) is 0 Å². The number of nitrogens with one attached hydrogen (secondary N) is 2. The zero-order valence-electron chi connectivity index (χ0n) is 4.21. The Kier molecular flexibility index (Phi) is 0.583. The largest absolute Gasteiger partial charge is 0.326 e. The summed E-state index contributed by atoms with van der Waals surface area (Å²) in [6, 6.07) is 0. The third-order valence-electron chi connectivity index (χ3n) is 0.952. The van der Waals surface area contributed by atoms with Crippen molar-refractivity contribution < 1.29 is 4.63 Å². The molecule has 0 unspecified atom stereocenters. The van der Waals surface area contributed by atoms with E-state index in [0.29, 0.717) is 11.3 Å². The summed E-state index contributed by atoms with van der Waals surface area (Å²) in [7, 11) is 0. The van der Waals surface area contributed by atoms with Crippen molar-refractivity contribution in [1.82, 2.24) is 20.3 Å². The molecule has 0 bridgehead atoms. The first-order valence-electron chi connectivity index (χ1n) is 2.27. The lowest BCUT2D eigenvalue weighted by atomic mass is 10.8. The Morgan fingerprint density at radius 1 is 1.22 bits per heavy atom. The van der Waals surface area contributed by atoms with Crippen molar-refractivity contribution in [2.45, 2.75) is 0 Å². The van der Waals surface area contributed by atoms with Crippen molar-refractivity contribution in [3.05, 3.63) is 10.5 Å². The number of nitrogens with zero attached hydrogens (tertiary/aromatic N) is 2. The predicted octanol–water partition coefficient (Wildman–Crippen LogP) is -0.761. The van der Waals surface area contributed by atoms with Gasteiger partial charge in [-0.25, -0.2) is 9.42 Å². The summed E-state index contributed by atoms with van der Waals surface area (Å²) in [5.74, 6) is 0. The van der Waals surface area contributed by atoms with E-state index in [1.807, 2.05) is 0 Å². The molecule has 6 heteroatoms. The van der Waals surface area contributed by atoms with Crippen LogP contribution in [0.25, 0.3) is 11.3 Å². The topological polar surface area (TPSA) is 87.6 Å². The van der Waals surface area contributed by atoms with Crippen molar-refractivity contribution >= 4 is 11.3 Å². The van der Waals surface area contributed by atoms with Gasteiger partial charge in [-0.15, -0.1) is 0 Å². The number of imidazole rings is 1. The van der Waals surface area contributed by atoms with Crippen LogP contribution in [0.5, 0.6) is 0 Å². The summed E-state index contributed by atoms with van der Waals surface area (Å²) in [5, 5.41) is 6.73. The number of rotatable bonds is 0. The van der Waals surface area contributed by atoms with Crippen LogP contribution in [-0.2, 0) is 0 Å². The summed E-state index contributed by atoms with van der Waals surface area (Å²) in [4.78, 5) is 15.1. The first-order valence-corrected chi connectivity index (χ1v) is 2.27. The van der Waals surface area contributed by atoms with E-state index in [1.54, 1.807) is 0 Å². The molecule has 2 N–H and O–H groups in total. The molecule has 0 aliphatic heterocycles. The maximum absolute atomic E-state index is 10.4. The van der Waals surface area contributed by atoms with E-state index in [1.165, 1.54) is 0 Å². The van der Waals surface area contributed by atoms with E-state index in [-0.39, 0.29) is 5.69 Å². The number of H-pyrrole nitrogens is 2. The molecule has 6 nitrogen and oxygen atoms in total. The van der Waals surface area contributed by atoms with Crippen LogP contribution >= 0.6 is 0 Å². The van der Waals surface area contributed by atoms with Gasteiger partial charge in [0.2, 0.25) is 11.3 Å². The van der Waals surface area contributed by atoms with E-state index < -0.39 is 0 Å². The van der Waals surface area contributed by atoms with Gasteiger partial charge in [-0.1, -0.05) is 0 Å². The molecule has 2 aromatic rings. The summed E-state index contributed by atoms with van der Waals surface area (Å²) >= 11 is 0. The second-order valence-corrected chi connectivity index (χ2v) is 1.54. The maximum Gasteiger partial charge on any atom is 0.326 e. The highest BCUT2D eigenvalue weighted by molar-refractivity contribution is 5.61. The standard InChI is InChI=1S/C3H2N4O2/c8-3-4-1-2(5-3)7-9-6-1/h(H2,4,5,6,7,8). The molecule has 0 saturated heterocycles. The van der Waals surface area contributed by atoms with E-state index in [4.69, 9.17) is 0 Å². The SMILES string of the molecule is O=c1[nH]c2nonc2[nH]1. The molecular formula is C3H2N4O2. The van der Waals surface area contributed by atoms with E-state index in [9.17, 15) is 4.79 Å². The average molecular weight is 126 g/mol.